The van der Waals surface area contributed by atoms with E-state index in [-0.39, 0.29) is 0 Å². The Morgan fingerprint density at radius 1 is 1.04 bits per heavy atom. The van der Waals surface area contributed by atoms with Gasteiger partial charge < -0.3 is 5.32 Å². The van der Waals surface area contributed by atoms with Gasteiger partial charge in [-0.1, -0.05) is 30.1 Å². The monoisotopic (exact) mass is 400 g/mol. The van der Waals surface area contributed by atoms with Gasteiger partial charge in [0.15, 0.2) is 0 Å². The normalized spacial score (nSPS) is 12.5. The molecule has 134 valence electrons. The van der Waals surface area contributed by atoms with Crippen molar-refractivity contribution in [2.45, 2.75) is 19.4 Å². The van der Waals surface area contributed by atoms with Gasteiger partial charge >= 0.3 is 0 Å². The van der Waals surface area contributed by atoms with Crippen molar-refractivity contribution in [3.8, 4) is 0 Å². The lowest BCUT2D eigenvalue weighted by atomic mass is 10.2. The number of nitrogens with one attached hydrogen (secondary N) is 1. The number of hydrogen-bond donors (Lipinski definition) is 1. The molecule has 8 heteroatoms. The van der Waals surface area contributed by atoms with E-state index < -0.39 is 22.0 Å². The van der Waals surface area contributed by atoms with Gasteiger partial charge in [0.05, 0.1) is 11.9 Å². The number of halogens is 2. The predicted molar refractivity (Wildman–Crippen MR) is 103 cm³/mol. The largest absolute Gasteiger partial charge is 0.324 e. The highest BCUT2D eigenvalue weighted by molar-refractivity contribution is 7.92. The summed E-state index contributed by atoms with van der Waals surface area (Å²) in [6, 6.07) is 12.0. The van der Waals surface area contributed by atoms with E-state index >= 15 is 0 Å². The summed E-state index contributed by atoms with van der Waals surface area (Å²) in [7, 11) is -3.68. The van der Waals surface area contributed by atoms with E-state index in [0.29, 0.717) is 27.8 Å². The van der Waals surface area contributed by atoms with E-state index in [2.05, 4.69) is 5.32 Å². The molecule has 0 aromatic heterocycles. The Bertz CT molecular complexity index is 837. The number of sulfonamides is 1. The number of hydrogen-bond acceptors (Lipinski definition) is 3. The fourth-order valence-electron chi connectivity index (χ4n) is 2.41. The molecule has 0 aliphatic heterocycles. The molecule has 1 amide bonds. The maximum atomic E-state index is 12.7. The van der Waals surface area contributed by atoms with Crippen molar-refractivity contribution in [2.24, 2.45) is 0 Å². The summed E-state index contributed by atoms with van der Waals surface area (Å²) >= 11 is 11.7. The zero-order valence-electron chi connectivity index (χ0n) is 13.7. The molecule has 0 spiro atoms. The summed E-state index contributed by atoms with van der Waals surface area (Å²) in [4.78, 5) is 12.7. The summed E-state index contributed by atoms with van der Waals surface area (Å²) in [6.45, 7) is 1.75. The zero-order chi connectivity index (χ0) is 18.6. The number of carbonyl (C=O) groups is 1. The number of benzene rings is 2. The molecule has 2 aromatic carbocycles. The summed E-state index contributed by atoms with van der Waals surface area (Å²) < 4.78 is 25.7. The van der Waals surface area contributed by atoms with Crippen LogP contribution in [-0.4, -0.2) is 26.6 Å². The second-order valence-electron chi connectivity index (χ2n) is 5.46. The van der Waals surface area contributed by atoms with Gasteiger partial charge in [0.2, 0.25) is 15.9 Å². The number of nitrogens with zero attached hydrogens (tertiary/aromatic N) is 1. The number of carbonyl (C=O) groups excluding carboxylic acids is 1. The molecule has 2 aromatic rings. The van der Waals surface area contributed by atoms with Gasteiger partial charge in [0.25, 0.3) is 0 Å². The molecule has 0 saturated heterocycles. The van der Waals surface area contributed by atoms with Gasteiger partial charge in [-0.05, 0) is 55.0 Å². The van der Waals surface area contributed by atoms with Crippen LogP contribution < -0.4 is 9.62 Å². The highest BCUT2D eigenvalue weighted by Crippen LogP contribution is 2.25. The summed E-state index contributed by atoms with van der Waals surface area (Å²) in [5.74, 6) is -0.426. The molecular formula is C17H18Cl2N2O3S. The van der Waals surface area contributed by atoms with Crippen molar-refractivity contribution >= 4 is 50.5 Å². The van der Waals surface area contributed by atoms with Crippen LogP contribution in [0.1, 0.15) is 13.3 Å². The lowest BCUT2D eigenvalue weighted by molar-refractivity contribution is -0.117. The maximum Gasteiger partial charge on any atom is 0.248 e. The van der Waals surface area contributed by atoms with Crippen LogP contribution in [0, 0.1) is 0 Å². The van der Waals surface area contributed by atoms with Gasteiger partial charge in [-0.15, -0.1) is 0 Å². The Labute approximate surface area is 157 Å². The van der Waals surface area contributed by atoms with E-state index in [1.807, 2.05) is 0 Å². The predicted octanol–water partition coefficient (Wildman–Crippen LogP) is 4.18. The van der Waals surface area contributed by atoms with E-state index in [4.69, 9.17) is 23.2 Å². The van der Waals surface area contributed by atoms with Gasteiger partial charge in [-0.3, -0.25) is 9.10 Å². The standard InChI is InChI=1S/C17H18Cl2N2O3S/c1-3-16(17(22)20-14-8-4-12(18)5-9-14)21(25(2,23)24)15-10-6-13(19)7-11-15/h4-11,16H,3H2,1-2H3,(H,20,22)/t16-/m0/s1. The Kier molecular flexibility index (Phi) is 6.32. The van der Waals surface area contributed by atoms with Crippen LogP contribution in [0.5, 0.6) is 0 Å². The van der Waals surface area contributed by atoms with Gasteiger partial charge in [-0.25, -0.2) is 8.42 Å². The molecule has 0 radical (unpaired) electrons. The lowest BCUT2D eigenvalue weighted by Gasteiger charge is -2.30. The average molecular weight is 401 g/mol. The molecule has 1 atom stereocenters. The molecular weight excluding hydrogens is 383 g/mol. The topological polar surface area (TPSA) is 66.5 Å². The highest BCUT2D eigenvalue weighted by Gasteiger charge is 2.31. The van der Waals surface area contributed by atoms with Crippen molar-refractivity contribution in [1.29, 1.82) is 0 Å². The molecule has 5 nitrogen and oxygen atoms in total. The smallest absolute Gasteiger partial charge is 0.248 e. The molecule has 25 heavy (non-hydrogen) atoms. The molecule has 1 N–H and O–H groups in total. The lowest BCUT2D eigenvalue weighted by Crippen LogP contribution is -2.46. The Morgan fingerprint density at radius 3 is 1.96 bits per heavy atom. The molecule has 0 unspecified atom stereocenters. The van der Waals surface area contributed by atoms with Crippen LogP contribution in [0.15, 0.2) is 48.5 Å². The molecule has 0 heterocycles. The quantitative estimate of drug-likeness (QED) is 0.790. The second-order valence-corrected chi connectivity index (χ2v) is 8.19. The van der Waals surface area contributed by atoms with Crippen molar-refractivity contribution in [3.05, 3.63) is 58.6 Å². The molecule has 2 rings (SSSR count). The number of rotatable bonds is 6. The van der Waals surface area contributed by atoms with Gasteiger partial charge in [0, 0.05) is 15.7 Å². The Balaban J connectivity index is 2.34. The first kappa shape index (κ1) is 19.6. The fraction of sp³-hybridized carbons (Fsp3) is 0.235. The Hall–Kier alpha value is -1.76. The van der Waals surface area contributed by atoms with Crippen LogP contribution in [0.25, 0.3) is 0 Å². The van der Waals surface area contributed by atoms with E-state index in [0.717, 1.165) is 10.6 Å². The third kappa shape index (κ3) is 5.11. The van der Waals surface area contributed by atoms with Crippen molar-refractivity contribution < 1.29 is 13.2 Å². The van der Waals surface area contributed by atoms with Gasteiger partial charge in [-0.2, -0.15) is 0 Å². The van der Waals surface area contributed by atoms with Crippen molar-refractivity contribution in [3.63, 3.8) is 0 Å². The minimum Gasteiger partial charge on any atom is -0.324 e. The zero-order valence-corrected chi connectivity index (χ0v) is 16.1. The minimum absolute atomic E-state index is 0.301. The molecule has 0 aliphatic carbocycles. The summed E-state index contributed by atoms with van der Waals surface area (Å²) in [6.07, 6.45) is 1.37. The molecule has 0 saturated carbocycles. The fourth-order valence-corrected chi connectivity index (χ4v) is 3.87. The molecule has 0 bridgehead atoms. The van der Waals surface area contributed by atoms with Crippen LogP contribution in [0.3, 0.4) is 0 Å². The maximum absolute atomic E-state index is 12.7. The van der Waals surface area contributed by atoms with Crippen LogP contribution in [0.4, 0.5) is 11.4 Å². The van der Waals surface area contributed by atoms with E-state index in [1.54, 1.807) is 55.5 Å². The van der Waals surface area contributed by atoms with Gasteiger partial charge in [0.1, 0.15) is 6.04 Å². The first-order chi connectivity index (χ1) is 11.7. The third-order valence-electron chi connectivity index (χ3n) is 3.52. The minimum atomic E-state index is -3.68. The van der Waals surface area contributed by atoms with Crippen molar-refractivity contribution in [1.82, 2.24) is 0 Å². The highest BCUT2D eigenvalue weighted by atomic mass is 35.5. The van der Waals surface area contributed by atoms with Crippen molar-refractivity contribution in [2.75, 3.05) is 15.9 Å². The van der Waals surface area contributed by atoms with Crippen LogP contribution >= 0.6 is 23.2 Å². The first-order valence-electron chi connectivity index (χ1n) is 7.53. The SMILES string of the molecule is CC[C@@H](C(=O)Nc1ccc(Cl)cc1)N(c1ccc(Cl)cc1)S(C)(=O)=O. The Morgan fingerprint density at radius 2 is 1.52 bits per heavy atom. The molecule has 0 aliphatic rings. The van der Waals surface area contributed by atoms with E-state index in [1.165, 1.54) is 0 Å². The number of amides is 1. The summed E-state index contributed by atoms with van der Waals surface area (Å²) in [5.41, 5.74) is 0.919. The van der Waals surface area contributed by atoms with Crippen LogP contribution in [-0.2, 0) is 14.8 Å². The summed E-state index contributed by atoms with van der Waals surface area (Å²) in [5, 5.41) is 3.75. The third-order valence-corrected chi connectivity index (χ3v) is 5.21. The van der Waals surface area contributed by atoms with Crippen LogP contribution in [0.2, 0.25) is 10.0 Å². The first-order valence-corrected chi connectivity index (χ1v) is 10.1. The number of anilines is 2. The second kappa shape index (κ2) is 8.08. The average Bonchev–Trinajstić information content (AvgIpc) is 2.54. The molecule has 0 fully saturated rings. The van der Waals surface area contributed by atoms with E-state index in [9.17, 15) is 13.2 Å².